The first kappa shape index (κ1) is 16.5. The maximum absolute atomic E-state index is 11.4. The van der Waals surface area contributed by atoms with Gasteiger partial charge in [0, 0.05) is 12.5 Å². The normalized spacial score (nSPS) is 10.3. The van der Waals surface area contributed by atoms with E-state index in [0.717, 1.165) is 22.3 Å². The molecule has 124 valence electrons. The van der Waals surface area contributed by atoms with Crippen LogP contribution in [0.1, 0.15) is 17.3 Å². The van der Waals surface area contributed by atoms with Crippen LogP contribution in [0.2, 0.25) is 0 Å². The molecular weight excluding hydrogens is 316 g/mol. The Morgan fingerprint density at radius 3 is 2.04 bits per heavy atom. The third-order valence-electron chi connectivity index (χ3n) is 3.78. The van der Waals surface area contributed by atoms with Gasteiger partial charge >= 0.3 is 11.9 Å². The van der Waals surface area contributed by atoms with Gasteiger partial charge in [0.15, 0.2) is 0 Å². The molecule has 0 saturated heterocycles. The highest BCUT2D eigenvalue weighted by atomic mass is 16.5. The molecule has 0 aliphatic carbocycles. The number of rotatable bonds is 4. The topological polar surface area (TPSA) is 63.6 Å². The number of benzene rings is 3. The smallest absolute Gasteiger partial charge is 0.335 e. The lowest BCUT2D eigenvalue weighted by molar-refractivity contribution is -0.131. The van der Waals surface area contributed by atoms with Gasteiger partial charge in [0.1, 0.15) is 5.75 Å². The first-order valence-electron chi connectivity index (χ1n) is 7.76. The molecule has 4 heteroatoms. The highest BCUT2D eigenvalue weighted by Gasteiger charge is 2.11. The van der Waals surface area contributed by atoms with Gasteiger partial charge in [-0.1, -0.05) is 48.5 Å². The van der Waals surface area contributed by atoms with E-state index in [2.05, 4.69) is 0 Å². The monoisotopic (exact) mass is 332 g/mol. The first-order chi connectivity index (χ1) is 12.0. The van der Waals surface area contributed by atoms with E-state index in [1.165, 1.54) is 6.92 Å². The minimum Gasteiger partial charge on any atom is -0.478 e. The Hall–Kier alpha value is -3.40. The molecular formula is C21H16O4. The molecule has 0 saturated carbocycles. The van der Waals surface area contributed by atoms with Gasteiger partial charge in [-0.05, 0) is 41.0 Å². The molecule has 0 aliphatic rings. The van der Waals surface area contributed by atoms with Crippen molar-refractivity contribution >= 4 is 11.9 Å². The summed E-state index contributed by atoms with van der Waals surface area (Å²) >= 11 is 0. The van der Waals surface area contributed by atoms with Crippen LogP contribution < -0.4 is 4.74 Å². The van der Waals surface area contributed by atoms with Crippen LogP contribution in [-0.2, 0) is 4.79 Å². The summed E-state index contributed by atoms with van der Waals surface area (Å²) in [4.78, 5) is 22.4. The van der Waals surface area contributed by atoms with Crippen molar-refractivity contribution in [2.24, 2.45) is 0 Å². The minimum atomic E-state index is -0.957. The summed E-state index contributed by atoms with van der Waals surface area (Å²) in [6.45, 7) is 1.37. The summed E-state index contributed by atoms with van der Waals surface area (Å²) < 4.78 is 5.32. The zero-order chi connectivity index (χ0) is 17.8. The van der Waals surface area contributed by atoms with Crippen molar-refractivity contribution in [1.82, 2.24) is 0 Å². The van der Waals surface area contributed by atoms with Crippen molar-refractivity contribution < 1.29 is 19.4 Å². The fraction of sp³-hybridized carbons (Fsp3) is 0.0476. The second-order valence-corrected chi connectivity index (χ2v) is 5.55. The molecule has 0 unspecified atom stereocenters. The maximum atomic E-state index is 11.4. The summed E-state index contributed by atoms with van der Waals surface area (Å²) in [6.07, 6.45) is 0. The second kappa shape index (κ2) is 7.01. The number of aromatic carboxylic acids is 1. The largest absolute Gasteiger partial charge is 0.478 e. The zero-order valence-electron chi connectivity index (χ0n) is 13.6. The van der Waals surface area contributed by atoms with Gasteiger partial charge < -0.3 is 9.84 Å². The van der Waals surface area contributed by atoms with Gasteiger partial charge in [0.25, 0.3) is 0 Å². The van der Waals surface area contributed by atoms with Crippen molar-refractivity contribution in [2.75, 3.05) is 0 Å². The molecule has 0 fully saturated rings. The highest BCUT2D eigenvalue weighted by Crippen LogP contribution is 2.34. The van der Waals surface area contributed by atoms with Crippen LogP contribution in [-0.4, -0.2) is 17.0 Å². The Balaban J connectivity index is 2.07. The molecule has 3 aromatic rings. The SMILES string of the molecule is CC(=O)Oc1ccc(-c2ccc(C(=O)O)cc2)cc1-c1ccccc1. The molecule has 0 atom stereocenters. The maximum Gasteiger partial charge on any atom is 0.335 e. The predicted molar refractivity (Wildman–Crippen MR) is 95.6 cm³/mol. The zero-order valence-corrected chi connectivity index (χ0v) is 13.6. The fourth-order valence-electron chi connectivity index (χ4n) is 2.60. The van der Waals surface area contributed by atoms with E-state index in [9.17, 15) is 9.59 Å². The van der Waals surface area contributed by atoms with E-state index in [1.54, 1.807) is 30.3 Å². The Morgan fingerprint density at radius 2 is 1.44 bits per heavy atom. The standard InChI is InChI=1S/C21H16O4/c1-14(22)25-20-12-11-18(13-19(20)16-5-3-2-4-6-16)15-7-9-17(10-8-15)21(23)24/h2-13H,1H3,(H,23,24). The van der Waals surface area contributed by atoms with Gasteiger partial charge in [-0.25, -0.2) is 4.79 Å². The van der Waals surface area contributed by atoms with Gasteiger partial charge in [-0.15, -0.1) is 0 Å². The minimum absolute atomic E-state index is 0.239. The van der Waals surface area contributed by atoms with Gasteiger partial charge in [-0.2, -0.15) is 0 Å². The van der Waals surface area contributed by atoms with E-state index < -0.39 is 5.97 Å². The number of carboxylic acids is 1. The first-order valence-corrected chi connectivity index (χ1v) is 7.76. The molecule has 3 rings (SSSR count). The molecule has 3 aromatic carbocycles. The van der Waals surface area contributed by atoms with Crippen LogP contribution in [0.5, 0.6) is 5.75 Å². The molecule has 0 bridgehead atoms. The summed E-state index contributed by atoms with van der Waals surface area (Å²) in [5.41, 5.74) is 3.77. The molecule has 1 N–H and O–H groups in total. The summed E-state index contributed by atoms with van der Waals surface area (Å²) in [7, 11) is 0. The third-order valence-corrected chi connectivity index (χ3v) is 3.78. The van der Waals surface area contributed by atoms with Crippen LogP contribution in [0.3, 0.4) is 0 Å². The van der Waals surface area contributed by atoms with Crippen molar-refractivity contribution in [3.8, 4) is 28.0 Å². The van der Waals surface area contributed by atoms with E-state index in [-0.39, 0.29) is 11.5 Å². The second-order valence-electron chi connectivity index (χ2n) is 5.55. The quantitative estimate of drug-likeness (QED) is 0.558. The molecule has 4 nitrogen and oxygen atoms in total. The highest BCUT2D eigenvalue weighted by molar-refractivity contribution is 5.88. The lowest BCUT2D eigenvalue weighted by atomic mass is 9.97. The fourth-order valence-corrected chi connectivity index (χ4v) is 2.60. The van der Waals surface area contributed by atoms with Gasteiger partial charge in [0.2, 0.25) is 0 Å². The van der Waals surface area contributed by atoms with E-state index in [0.29, 0.717) is 5.75 Å². The number of carboxylic acid groups (broad SMARTS) is 1. The third kappa shape index (κ3) is 3.75. The number of esters is 1. The van der Waals surface area contributed by atoms with Gasteiger partial charge in [-0.3, -0.25) is 4.79 Å². The molecule has 0 amide bonds. The van der Waals surface area contributed by atoms with E-state index in [1.807, 2.05) is 42.5 Å². The molecule has 0 aliphatic heterocycles. The Kier molecular flexibility index (Phi) is 4.61. The van der Waals surface area contributed by atoms with Gasteiger partial charge in [0.05, 0.1) is 5.56 Å². The summed E-state index contributed by atoms with van der Waals surface area (Å²) in [6, 6.07) is 21.8. The number of carbonyl (C=O) groups is 2. The van der Waals surface area contributed by atoms with Crippen LogP contribution >= 0.6 is 0 Å². The number of ether oxygens (including phenoxy) is 1. The predicted octanol–water partition coefficient (Wildman–Crippen LogP) is 4.64. The van der Waals surface area contributed by atoms with Crippen molar-refractivity contribution in [1.29, 1.82) is 0 Å². The molecule has 0 spiro atoms. The number of carbonyl (C=O) groups excluding carboxylic acids is 1. The number of hydrogen-bond donors (Lipinski definition) is 1. The molecule has 0 heterocycles. The average Bonchev–Trinajstić information content (AvgIpc) is 2.62. The van der Waals surface area contributed by atoms with E-state index >= 15 is 0 Å². The van der Waals surface area contributed by atoms with Crippen molar-refractivity contribution in [3.63, 3.8) is 0 Å². The van der Waals surface area contributed by atoms with Crippen LogP contribution in [0.25, 0.3) is 22.3 Å². The molecule has 0 aromatic heterocycles. The molecule has 0 radical (unpaired) electrons. The average molecular weight is 332 g/mol. The lowest BCUT2D eigenvalue weighted by Crippen LogP contribution is -2.02. The molecule has 25 heavy (non-hydrogen) atoms. The summed E-state index contributed by atoms with van der Waals surface area (Å²) in [5.74, 6) is -0.845. The Morgan fingerprint density at radius 1 is 0.800 bits per heavy atom. The van der Waals surface area contributed by atoms with Crippen molar-refractivity contribution in [2.45, 2.75) is 6.92 Å². The Bertz CT molecular complexity index is 912. The lowest BCUT2D eigenvalue weighted by Gasteiger charge is -2.12. The number of hydrogen-bond acceptors (Lipinski definition) is 3. The van der Waals surface area contributed by atoms with E-state index in [4.69, 9.17) is 9.84 Å². The van der Waals surface area contributed by atoms with Crippen LogP contribution in [0.4, 0.5) is 0 Å². The Labute approximate surface area is 145 Å². The van der Waals surface area contributed by atoms with Crippen LogP contribution in [0, 0.1) is 0 Å². The van der Waals surface area contributed by atoms with Crippen molar-refractivity contribution in [3.05, 3.63) is 78.4 Å². The summed E-state index contributed by atoms with van der Waals surface area (Å²) in [5, 5.41) is 9.01. The van der Waals surface area contributed by atoms with Crippen LogP contribution in [0.15, 0.2) is 72.8 Å².